The number of thioether (sulfide) groups is 1. The number of phenols is 1. The second-order valence-electron chi connectivity index (χ2n) is 6.19. The average Bonchev–Trinajstić information content (AvgIpc) is 3.00. The van der Waals surface area contributed by atoms with Gasteiger partial charge in [0.05, 0.1) is 23.4 Å². The summed E-state index contributed by atoms with van der Waals surface area (Å²) in [6.07, 6.45) is 0. The number of aromatic hydroxyl groups is 1. The van der Waals surface area contributed by atoms with Crippen molar-refractivity contribution in [2.75, 3.05) is 17.7 Å². The molecule has 152 valence electrons. The first kappa shape index (κ1) is 20.9. The molecule has 0 saturated carbocycles. The maximum absolute atomic E-state index is 12.4. The van der Waals surface area contributed by atoms with Gasteiger partial charge in [-0.3, -0.25) is 9.59 Å². The molecule has 29 heavy (non-hydrogen) atoms. The summed E-state index contributed by atoms with van der Waals surface area (Å²) < 4.78 is 5.01. The molecule has 0 unspecified atom stereocenters. The van der Waals surface area contributed by atoms with Crippen molar-refractivity contribution in [3.8, 4) is 5.75 Å². The Labute approximate surface area is 174 Å². The molecule has 2 aromatic heterocycles. The number of nitrogens with zero attached hydrogens (tertiary/aromatic N) is 1. The van der Waals surface area contributed by atoms with Crippen LogP contribution in [0.5, 0.6) is 5.75 Å². The van der Waals surface area contributed by atoms with Gasteiger partial charge in [-0.15, -0.1) is 11.3 Å². The summed E-state index contributed by atoms with van der Waals surface area (Å²) in [5, 5.41) is 13.1. The van der Waals surface area contributed by atoms with Gasteiger partial charge < -0.3 is 20.1 Å². The fourth-order valence-corrected chi connectivity index (χ4v) is 4.45. The number of hydrogen-bond acceptors (Lipinski definition) is 8. The van der Waals surface area contributed by atoms with Crippen molar-refractivity contribution in [1.29, 1.82) is 0 Å². The second-order valence-corrected chi connectivity index (χ2v) is 8.15. The molecule has 1 aromatic carbocycles. The fraction of sp³-hybridized carbons (Fsp3) is 0.263. The highest BCUT2D eigenvalue weighted by molar-refractivity contribution is 7.99. The Morgan fingerprint density at radius 2 is 2.10 bits per heavy atom. The summed E-state index contributed by atoms with van der Waals surface area (Å²) in [7, 11) is 0. The number of fused-ring (bicyclic) bond motifs is 1. The van der Waals surface area contributed by atoms with Gasteiger partial charge in [0.25, 0.3) is 5.56 Å². The van der Waals surface area contributed by atoms with Crippen molar-refractivity contribution in [1.82, 2.24) is 9.97 Å². The van der Waals surface area contributed by atoms with Crippen molar-refractivity contribution in [3.05, 3.63) is 44.6 Å². The van der Waals surface area contributed by atoms with Gasteiger partial charge >= 0.3 is 5.97 Å². The maximum atomic E-state index is 12.4. The third kappa shape index (κ3) is 4.60. The monoisotopic (exact) mass is 433 g/mol. The van der Waals surface area contributed by atoms with E-state index in [9.17, 15) is 19.5 Å². The number of carbonyl (C=O) groups is 2. The van der Waals surface area contributed by atoms with Crippen molar-refractivity contribution in [3.63, 3.8) is 0 Å². The number of rotatable bonds is 6. The van der Waals surface area contributed by atoms with Crippen LogP contribution in [0.2, 0.25) is 0 Å². The molecular weight excluding hydrogens is 414 g/mol. The molecule has 0 spiro atoms. The highest BCUT2D eigenvalue weighted by Gasteiger charge is 2.20. The number of thiophene rings is 1. The first-order chi connectivity index (χ1) is 13.8. The van der Waals surface area contributed by atoms with E-state index in [2.05, 4.69) is 15.3 Å². The number of amides is 1. The van der Waals surface area contributed by atoms with E-state index in [1.165, 1.54) is 6.07 Å². The number of nitrogens with one attached hydrogen (secondary N) is 2. The SMILES string of the molecule is CCOC(=O)c1sc2nc(SCC(=O)Nc3cc(C)ccc3O)[nH]c(=O)c2c1C. The maximum Gasteiger partial charge on any atom is 0.348 e. The Morgan fingerprint density at radius 1 is 1.34 bits per heavy atom. The normalized spacial score (nSPS) is 10.9. The zero-order chi connectivity index (χ0) is 21.1. The number of ether oxygens (including phenoxy) is 1. The number of phenolic OH excluding ortho intramolecular Hbond substituents is 1. The van der Waals surface area contributed by atoms with Gasteiger partial charge in [0.1, 0.15) is 15.5 Å². The molecule has 0 aliphatic rings. The van der Waals surface area contributed by atoms with Gasteiger partial charge in [-0.05, 0) is 44.0 Å². The largest absolute Gasteiger partial charge is 0.506 e. The number of hydrogen-bond donors (Lipinski definition) is 3. The predicted molar refractivity (Wildman–Crippen MR) is 113 cm³/mol. The minimum atomic E-state index is -0.487. The number of aromatic nitrogens is 2. The predicted octanol–water partition coefficient (Wildman–Crippen LogP) is 3.21. The van der Waals surface area contributed by atoms with Crippen LogP contribution in [0.3, 0.4) is 0 Å². The van der Waals surface area contributed by atoms with E-state index in [1.807, 2.05) is 6.92 Å². The molecule has 10 heteroatoms. The van der Waals surface area contributed by atoms with Crippen molar-refractivity contribution in [2.45, 2.75) is 25.9 Å². The number of anilines is 1. The van der Waals surface area contributed by atoms with Crippen LogP contribution in [-0.2, 0) is 9.53 Å². The third-order valence-electron chi connectivity index (χ3n) is 4.01. The Kier molecular flexibility index (Phi) is 6.23. The lowest BCUT2D eigenvalue weighted by Gasteiger charge is -2.08. The Morgan fingerprint density at radius 3 is 2.83 bits per heavy atom. The van der Waals surface area contributed by atoms with Crippen LogP contribution >= 0.6 is 23.1 Å². The molecule has 2 heterocycles. The standard InChI is InChI=1S/C19H19N3O5S2/c1-4-27-18(26)15-10(3)14-16(25)21-19(22-17(14)29-15)28-8-13(24)20-11-7-9(2)5-6-12(11)23/h5-7,23H,4,8H2,1-3H3,(H,20,24)(H,21,22,25). The Balaban J connectivity index is 1.77. The van der Waals surface area contributed by atoms with Crippen LogP contribution in [0.4, 0.5) is 5.69 Å². The van der Waals surface area contributed by atoms with Crippen molar-refractivity contribution in [2.24, 2.45) is 0 Å². The van der Waals surface area contributed by atoms with E-state index in [4.69, 9.17) is 4.74 Å². The molecule has 3 aromatic rings. The number of benzene rings is 1. The van der Waals surface area contributed by atoms with Crippen LogP contribution in [-0.4, -0.2) is 39.3 Å². The van der Waals surface area contributed by atoms with Gasteiger partial charge in [0.15, 0.2) is 5.16 Å². The van der Waals surface area contributed by atoms with Crippen molar-refractivity contribution < 1.29 is 19.4 Å². The topological polar surface area (TPSA) is 121 Å². The van der Waals surface area contributed by atoms with Crippen LogP contribution in [0.1, 0.15) is 27.7 Å². The Hall–Kier alpha value is -2.85. The number of aryl methyl sites for hydroxylation is 2. The Bertz CT molecular complexity index is 1150. The highest BCUT2D eigenvalue weighted by atomic mass is 32.2. The van der Waals surface area contributed by atoms with Gasteiger partial charge in [-0.25, -0.2) is 9.78 Å². The molecule has 0 radical (unpaired) electrons. The molecule has 3 N–H and O–H groups in total. The number of esters is 1. The molecule has 0 aliphatic carbocycles. The second kappa shape index (κ2) is 8.66. The van der Waals surface area contributed by atoms with Gasteiger partial charge in [0, 0.05) is 0 Å². The lowest BCUT2D eigenvalue weighted by Crippen LogP contribution is -2.15. The summed E-state index contributed by atoms with van der Waals surface area (Å²) in [5.74, 6) is -0.883. The van der Waals surface area contributed by atoms with E-state index in [0.29, 0.717) is 26.3 Å². The molecule has 0 aliphatic heterocycles. The summed E-state index contributed by atoms with van der Waals surface area (Å²) in [6.45, 7) is 5.47. The van der Waals surface area contributed by atoms with Crippen molar-refractivity contribution >= 4 is 50.9 Å². The molecular formula is C19H19N3O5S2. The van der Waals surface area contributed by atoms with E-state index >= 15 is 0 Å². The number of carbonyl (C=O) groups excluding carboxylic acids is 2. The summed E-state index contributed by atoms with van der Waals surface area (Å²) >= 11 is 2.14. The lowest BCUT2D eigenvalue weighted by atomic mass is 10.2. The summed E-state index contributed by atoms with van der Waals surface area (Å²) in [6, 6.07) is 4.90. The molecule has 8 nitrogen and oxygen atoms in total. The van der Waals surface area contributed by atoms with E-state index in [1.54, 1.807) is 26.0 Å². The van der Waals surface area contributed by atoms with Gasteiger partial charge in [-0.2, -0.15) is 0 Å². The van der Waals surface area contributed by atoms with E-state index in [0.717, 1.165) is 28.7 Å². The number of aromatic amines is 1. The van der Waals surface area contributed by atoms with Gasteiger partial charge in [0.2, 0.25) is 5.91 Å². The van der Waals surface area contributed by atoms with Crippen LogP contribution in [0, 0.1) is 13.8 Å². The minimum absolute atomic E-state index is 0.0169. The summed E-state index contributed by atoms with van der Waals surface area (Å²) in [4.78, 5) is 44.4. The molecule has 0 saturated heterocycles. The van der Waals surface area contributed by atoms with E-state index < -0.39 is 5.97 Å². The quantitative estimate of drug-likeness (QED) is 0.236. The van der Waals surface area contributed by atoms with Crippen LogP contribution in [0.15, 0.2) is 28.2 Å². The smallest absolute Gasteiger partial charge is 0.348 e. The zero-order valence-electron chi connectivity index (χ0n) is 16.0. The lowest BCUT2D eigenvalue weighted by molar-refractivity contribution is -0.113. The average molecular weight is 434 g/mol. The first-order valence-corrected chi connectivity index (χ1v) is 10.5. The number of H-pyrrole nitrogens is 1. The molecule has 0 atom stereocenters. The molecule has 1 amide bonds. The van der Waals surface area contributed by atoms with Crippen LogP contribution < -0.4 is 10.9 Å². The summed E-state index contributed by atoms with van der Waals surface area (Å²) in [5.41, 5.74) is 1.37. The van der Waals surface area contributed by atoms with Gasteiger partial charge in [-0.1, -0.05) is 17.8 Å². The first-order valence-electron chi connectivity index (χ1n) is 8.73. The zero-order valence-corrected chi connectivity index (χ0v) is 17.6. The highest BCUT2D eigenvalue weighted by Crippen LogP contribution is 2.29. The van der Waals surface area contributed by atoms with Crippen LogP contribution in [0.25, 0.3) is 10.2 Å². The molecule has 0 fully saturated rings. The third-order valence-corrected chi connectivity index (χ3v) is 6.04. The fourth-order valence-electron chi connectivity index (χ4n) is 2.65. The van der Waals surface area contributed by atoms with E-state index in [-0.39, 0.29) is 34.7 Å². The molecule has 0 bridgehead atoms. The molecule has 3 rings (SSSR count). The minimum Gasteiger partial charge on any atom is -0.506 e.